The van der Waals surface area contributed by atoms with Gasteiger partial charge in [0.15, 0.2) is 0 Å². The van der Waals surface area contributed by atoms with E-state index in [1.165, 1.54) is 4.31 Å². The summed E-state index contributed by atoms with van der Waals surface area (Å²) in [6.07, 6.45) is 1.26. The van der Waals surface area contributed by atoms with Gasteiger partial charge in [0.25, 0.3) is 0 Å². The highest BCUT2D eigenvalue weighted by Crippen LogP contribution is 2.26. The van der Waals surface area contributed by atoms with E-state index in [0.717, 1.165) is 27.1 Å². The lowest BCUT2D eigenvalue weighted by molar-refractivity contribution is -0.120. The van der Waals surface area contributed by atoms with E-state index in [-0.39, 0.29) is 22.2 Å². The molecule has 0 radical (unpaired) electrons. The van der Waals surface area contributed by atoms with E-state index in [4.69, 9.17) is 0 Å². The minimum atomic E-state index is -3.63. The Balaban J connectivity index is 1.49. The summed E-state index contributed by atoms with van der Waals surface area (Å²) >= 11 is 1.15. The van der Waals surface area contributed by atoms with Crippen molar-refractivity contribution in [1.82, 2.24) is 8.87 Å². The number of fused-ring (bicyclic) bond motifs is 1. The predicted octanol–water partition coefficient (Wildman–Crippen LogP) is 3.43. The summed E-state index contributed by atoms with van der Waals surface area (Å²) in [5.41, 5.74) is 2.45. The van der Waals surface area contributed by atoms with E-state index in [2.05, 4.69) is 5.32 Å². The van der Waals surface area contributed by atoms with Crippen LogP contribution in [-0.4, -0.2) is 36.3 Å². The molecule has 3 aromatic rings. The van der Waals surface area contributed by atoms with Crippen LogP contribution in [0.15, 0.2) is 52.2 Å². The number of aryl methyl sites for hydroxylation is 2. The number of thiazole rings is 1. The largest absolute Gasteiger partial charge is 0.326 e. The van der Waals surface area contributed by atoms with Gasteiger partial charge in [-0.1, -0.05) is 29.0 Å². The number of nitrogens with one attached hydrogen (secondary N) is 1. The zero-order valence-corrected chi connectivity index (χ0v) is 19.1. The quantitative estimate of drug-likeness (QED) is 0.633. The van der Waals surface area contributed by atoms with E-state index in [0.29, 0.717) is 31.6 Å². The maximum Gasteiger partial charge on any atom is 0.308 e. The number of carbonyl (C=O) groups excluding carboxylic acids is 1. The Labute approximate surface area is 185 Å². The van der Waals surface area contributed by atoms with Crippen molar-refractivity contribution in [2.75, 3.05) is 18.4 Å². The number of hydrogen-bond donors (Lipinski definition) is 1. The van der Waals surface area contributed by atoms with Crippen LogP contribution in [0, 0.1) is 12.8 Å². The second kappa shape index (κ2) is 8.57. The van der Waals surface area contributed by atoms with Gasteiger partial charge in [0.1, 0.15) is 0 Å². The van der Waals surface area contributed by atoms with Gasteiger partial charge in [-0.2, -0.15) is 4.31 Å². The molecule has 1 atom stereocenters. The Hall–Kier alpha value is -2.49. The lowest BCUT2D eigenvalue weighted by Gasteiger charge is -2.31. The molecule has 0 spiro atoms. The van der Waals surface area contributed by atoms with E-state index in [1.807, 2.05) is 19.9 Å². The third-order valence-corrected chi connectivity index (χ3v) is 8.49. The molecule has 1 aromatic heterocycles. The van der Waals surface area contributed by atoms with Gasteiger partial charge in [0.2, 0.25) is 15.9 Å². The number of amides is 1. The number of rotatable bonds is 5. The Bertz CT molecular complexity index is 1280. The van der Waals surface area contributed by atoms with Gasteiger partial charge in [0.05, 0.1) is 21.0 Å². The molecule has 7 nitrogen and oxygen atoms in total. The highest BCUT2D eigenvalue weighted by atomic mass is 32.2. The van der Waals surface area contributed by atoms with Crippen molar-refractivity contribution in [3.8, 4) is 0 Å². The van der Waals surface area contributed by atoms with Crippen LogP contribution in [0.3, 0.4) is 0 Å². The molecular weight excluding hydrogens is 434 g/mol. The Morgan fingerprint density at radius 2 is 1.94 bits per heavy atom. The van der Waals surface area contributed by atoms with Gasteiger partial charge < -0.3 is 5.32 Å². The molecule has 1 N–H and O–H groups in total. The van der Waals surface area contributed by atoms with Crippen LogP contribution in [-0.2, 0) is 21.4 Å². The molecule has 31 heavy (non-hydrogen) atoms. The molecule has 164 valence electrons. The lowest BCUT2D eigenvalue weighted by atomic mass is 9.98. The first-order valence-corrected chi connectivity index (χ1v) is 12.6. The fraction of sp³-hybridized carbons (Fsp3) is 0.364. The second-order valence-corrected chi connectivity index (χ2v) is 10.7. The summed E-state index contributed by atoms with van der Waals surface area (Å²) in [5.74, 6) is -0.630. The first-order valence-electron chi connectivity index (χ1n) is 10.3. The zero-order chi connectivity index (χ0) is 22.2. The van der Waals surface area contributed by atoms with E-state index in [9.17, 15) is 18.0 Å². The van der Waals surface area contributed by atoms with Crippen LogP contribution in [0.4, 0.5) is 5.69 Å². The Morgan fingerprint density at radius 1 is 1.19 bits per heavy atom. The Kier molecular flexibility index (Phi) is 6.00. The molecule has 4 rings (SSSR count). The number of anilines is 1. The van der Waals surface area contributed by atoms with Crippen molar-refractivity contribution in [1.29, 1.82) is 0 Å². The van der Waals surface area contributed by atoms with Gasteiger partial charge in [0, 0.05) is 25.3 Å². The van der Waals surface area contributed by atoms with E-state index >= 15 is 0 Å². The number of aromatic nitrogens is 1. The monoisotopic (exact) mass is 459 g/mol. The third-order valence-electron chi connectivity index (χ3n) is 5.67. The van der Waals surface area contributed by atoms with E-state index < -0.39 is 15.9 Å². The van der Waals surface area contributed by atoms with E-state index in [1.54, 1.807) is 41.0 Å². The zero-order valence-electron chi connectivity index (χ0n) is 17.5. The molecule has 1 saturated heterocycles. The van der Waals surface area contributed by atoms with Crippen molar-refractivity contribution in [2.24, 2.45) is 5.92 Å². The maximum atomic E-state index is 13.0. The summed E-state index contributed by atoms with van der Waals surface area (Å²) < 4.78 is 29.9. The molecule has 2 aromatic carbocycles. The normalized spacial score (nSPS) is 17.7. The number of hydrogen-bond acceptors (Lipinski definition) is 5. The summed E-state index contributed by atoms with van der Waals surface area (Å²) in [5, 5.41) is 2.90. The van der Waals surface area contributed by atoms with Crippen LogP contribution in [0.5, 0.6) is 0 Å². The third kappa shape index (κ3) is 4.30. The number of sulfonamides is 1. The standard InChI is InChI=1S/C22H25N3O4S2/c1-3-25-19-11-8-17(13-20(19)30-22(25)27)23-21(26)16-5-4-12-24(14-16)31(28,29)18-9-6-15(2)7-10-18/h6-11,13,16H,3-5,12,14H2,1-2H3,(H,23,26)/t16-/m0/s1. The van der Waals surface area contributed by atoms with Crippen molar-refractivity contribution in [3.63, 3.8) is 0 Å². The second-order valence-electron chi connectivity index (χ2n) is 7.80. The minimum Gasteiger partial charge on any atom is -0.326 e. The van der Waals surface area contributed by atoms with Crippen LogP contribution in [0.25, 0.3) is 10.2 Å². The average molecular weight is 460 g/mol. The van der Waals surface area contributed by atoms with Crippen LogP contribution in [0.1, 0.15) is 25.3 Å². The molecule has 0 bridgehead atoms. The summed E-state index contributed by atoms with van der Waals surface area (Å²) in [4.78, 5) is 25.2. The molecule has 1 fully saturated rings. The molecule has 2 heterocycles. The number of piperidine rings is 1. The smallest absolute Gasteiger partial charge is 0.308 e. The van der Waals surface area contributed by atoms with Crippen LogP contribution in [0.2, 0.25) is 0 Å². The molecule has 0 unspecified atom stereocenters. The van der Waals surface area contributed by atoms with Crippen molar-refractivity contribution in [3.05, 3.63) is 57.7 Å². The Morgan fingerprint density at radius 3 is 2.65 bits per heavy atom. The first kappa shape index (κ1) is 21.7. The van der Waals surface area contributed by atoms with Gasteiger partial charge in [-0.3, -0.25) is 14.2 Å². The molecule has 1 amide bonds. The van der Waals surface area contributed by atoms with Gasteiger partial charge in [-0.05, 0) is 57.0 Å². The van der Waals surface area contributed by atoms with Crippen molar-refractivity contribution < 1.29 is 13.2 Å². The average Bonchev–Trinajstić information content (AvgIpc) is 3.08. The summed E-state index contributed by atoms with van der Waals surface area (Å²) in [6.45, 7) is 4.99. The van der Waals surface area contributed by atoms with Crippen molar-refractivity contribution >= 4 is 43.2 Å². The molecule has 1 aliphatic heterocycles. The minimum absolute atomic E-state index is 0.0230. The summed E-state index contributed by atoms with van der Waals surface area (Å²) in [6, 6.07) is 12.2. The molecular formula is C22H25N3O4S2. The molecule has 1 aliphatic rings. The van der Waals surface area contributed by atoms with Crippen molar-refractivity contribution in [2.45, 2.75) is 38.1 Å². The first-order chi connectivity index (χ1) is 14.8. The summed E-state index contributed by atoms with van der Waals surface area (Å²) in [7, 11) is -3.63. The van der Waals surface area contributed by atoms with Crippen LogP contribution >= 0.6 is 11.3 Å². The van der Waals surface area contributed by atoms with Gasteiger partial charge >= 0.3 is 4.87 Å². The highest BCUT2D eigenvalue weighted by molar-refractivity contribution is 7.89. The van der Waals surface area contributed by atoms with Gasteiger partial charge in [-0.25, -0.2) is 8.42 Å². The topological polar surface area (TPSA) is 88.5 Å². The number of benzene rings is 2. The molecule has 0 aliphatic carbocycles. The van der Waals surface area contributed by atoms with Crippen LogP contribution < -0.4 is 10.2 Å². The lowest BCUT2D eigenvalue weighted by Crippen LogP contribution is -2.43. The number of nitrogens with zero attached hydrogens (tertiary/aromatic N) is 2. The molecule has 9 heteroatoms. The maximum absolute atomic E-state index is 13.0. The SMILES string of the molecule is CCn1c(=O)sc2cc(NC(=O)[C@H]3CCCN(S(=O)(=O)c4ccc(C)cc4)C3)ccc21. The fourth-order valence-corrected chi connectivity index (χ4v) is 6.44. The van der Waals surface area contributed by atoms with Gasteiger partial charge in [-0.15, -0.1) is 0 Å². The molecule has 0 saturated carbocycles. The highest BCUT2D eigenvalue weighted by Gasteiger charge is 2.33. The fourth-order valence-electron chi connectivity index (χ4n) is 3.92. The predicted molar refractivity (Wildman–Crippen MR) is 123 cm³/mol. The number of carbonyl (C=O) groups is 1.